The molecule has 0 spiro atoms. The molecule has 1 aliphatic rings. The van der Waals surface area contributed by atoms with Crippen LogP contribution in [-0.2, 0) is 20.8 Å². The highest BCUT2D eigenvalue weighted by molar-refractivity contribution is 5.67. The smallest absolute Gasteiger partial charge is 0.404 e. The topological polar surface area (TPSA) is 85.1 Å². The Morgan fingerprint density at radius 3 is 2.28 bits per heavy atom. The van der Waals surface area contributed by atoms with Gasteiger partial charge in [0.2, 0.25) is 0 Å². The Balaban J connectivity index is 1.84. The first-order valence-electron chi connectivity index (χ1n) is 10.8. The number of amides is 1. The first-order chi connectivity index (χ1) is 15.6. The molecule has 1 heterocycles. The summed E-state index contributed by atoms with van der Waals surface area (Å²) in [5.74, 6) is 2.10. The van der Waals surface area contributed by atoms with Crippen LogP contribution in [-0.4, -0.2) is 55.9 Å². The molecule has 170 valence electrons. The van der Waals surface area contributed by atoms with E-state index in [1.807, 2.05) is 41.3 Å². The highest BCUT2D eigenvalue weighted by Crippen LogP contribution is 2.37. The minimum absolute atomic E-state index is 0.0203. The van der Waals surface area contributed by atoms with Crippen molar-refractivity contribution in [3.63, 3.8) is 0 Å². The predicted molar refractivity (Wildman–Crippen MR) is 124 cm³/mol. The van der Waals surface area contributed by atoms with E-state index in [0.29, 0.717) is 12.3 Å². The highest BCUT2D eigenvalue weighted by Gasteiger charge is 2.42. The standard InChI is InChI=1S/C25H31N3O4/c1-31-20-25(13-15-27(16-14-25)18-21-8-4-2-5-9-21)28(22-10-6-3-7-11-22)23(19-29)12-17-32-24(26)30/h2-11H,12-18,20H2,1H3,(H2,26,30). The summed E-state index contributed by atoms with van der Waals surface area (Å²) in [6, 6.07) is 20.2. The SMILES string of the molecule is COCC1(N(C(=C=O)CCOC(N)=O)c2ccccc2)CCN(Cc2ccccc2)CC1. The third-order valence-corrected chi connectivity index (χ3v) is 5.91. The van der Waals surface area contributed by atoms with Crippen LogP contribution in [0.2, 0.25) is 0 Å². The number of para-hydroxylation sites is 1. The number of primary amides is 1. The van der Waals surface area contributed by atoms with Crippen LogP contribution in [0, 0.1) is 0 Å². The molecule has 2 N–H and O–H groups in total. The number of nitrogens with two attached hydrogens (primary N) is 1. The normalized spacial score (nSPS) is 15.5. The lowest BCUT2D eigenvalue weighted by atomic mass is 9.84. The van der Waals surface area contributed by atoms with Gasteiger partial charge in [0, 0.05) is 38.9 Å². The number of hydrogen-bond acceptors (Lipinski definition) is 6. The summed E-state index contributed by atoms with van der Waals surface area (Å²) in [6.45, 7) is 3.10. The Morgan fingerprint density at radius 1 is 1.09 bits per heavy atom. The number of anilines is 1. The largest absolute Gasteiger partial charge is 0.449 e. The second-order valence-electron chi connectivity index (χ2n) is 8.06. The Kier molecular flexibility index (Phi) is 8.45. The average molecular weight is 438 g/mol. The predicted octanol–water partition coefficient (Wildman–Crippen LogP) is 3.38. The van der Waals surface area contributed by atoms with Gasteiger partial charge in [-0.25, -0.2) is 9.59 Å². The molecule has 0 bridgehead atoms. The number of piperidine rings is 1. The van der Waals surface area contributed by atoms with Gasteiger partial charge in [-0.3, -0.25) is 4.90 Å². The number of likely N-dealkylation sites (tertiary alicyclic amines) is 1. The first-order valence-corrected chi connectivity index (χ1v) is 10.8. The molecule has 0 aromatic heterocycles. The van der Waals surface area contributed by atoms with Gasteiger partial charge in [0.05, 0.1) is 18.8 Å². The quantitative estimate of drug-likeness (QED) is 0.574. The van der Waals surface area contributed by atoms with E-state index in [0.717, 1.165) is 38.2 Å². The van der Waals surface area contributed by atoms with Crippen molar-refractivity contribution in [3.05, 3.63) is 71.9 Å². The zero-order chi connectivity index (χ0) is 22.8. The summed E-state index contributed by atoms with van der Waals surface area (Å²) in [6.07, 6.45) is 0.984. The van der Waals surface area contributed by atoms with Gasteiger partial charge in [0.1, 0.15) is 11.6 Å². The number of methoxy groups -OCH3 is 1. The zero-order valence-electron chi connectivity index (χ0n) is 18.5. The van der Waals surface area contributed by atoms with Gasteiger partial charge in [0.25, 0.3) is 0 Å². The maximum Gasteiger partial charge on any atom is 0.404 e. The number of nitrogens with zero attached hydrogens (tertiary/aromatic N) is 2. The van der Waals surface area contributed by atoms with E-state index in [9.17, 15) is 9.59 Å². The van der Waals surface area contributed by atoms with Crippen LogP contribution < -0.4 is 10.6 Å². The minimum atomic E-state index is -0.859. The molecule has 7 heteroatoms. The Labute approximate surface area is 189 Å². The summed E-state index contributed by atoms with van der Waals surface area (Å²) < 4.78 is 10.6. The van der Waals surface area contributed by atoms with Crippen molar-refractivity contribution < 1.29 is 19.1 Å². The fraction of sp³-hybridized carbons (Fsp3) is 0.400. The van der Waals surface area contributed by atoms with Gasteiger partial charge in [-0.1, -0.05) is 48.5 Å². The fourth-order valence-corrected chi connectivity index (χ4v) is 4.42. The van der Waals surface area contributed by atoms with Gasteiger partial charge < -0.3 is 20.1 Å². The lowest BCUT2D eigenvalue weighted by Crippen LogP contribution is -2.58. The molecule has 0 atom stereocenters. The van der Waals surface area contributed by atoms with E-state index >= 15 is 0 Å². The van der Waals surface area contributed by atoms with Crippen LogP contribution in [0.3, 0.4) is 0 Å². The summed E-state index contributed by atoms with van der Waals surface area (Å²) >= 11 is 0. The lowest BCUT2D eigenvalue weighted by Gasteiger charge is -2.49. The highest BCUT2D eigenvalue weighted by atomic mass is 16.5. The molecule has 0 radical (unpaired) electrons. The maximum atomic E-state index is 12.1. The minimum Gasteiger partial charge on any atom is -0.449 e. The molecule has 2 aromatic carbocycles. The lowest BCUT2D eigenvalue weighted by molar-refractivity contribution is 0.0719. The van der Waals surface area contributed by atoms with Crippen molar-refractivity contribution >= 4 is 17.7 Å². The molecular weight excluding hydrogens is 406 g/mol. The second-order valence-corrected chi connectivity index (χ2v) is 8.06. The summed E-state index contributed by atoms with van der Waals surface area (Å²) in [7, 11) is 1.68. The average Bonchev–Trinajstić information content (AvgIpc) is 2.81. The van der Waals surface area contributed by atoms with Crippen LogP contribution in [0.1, 0.15) is 24.8 Å². The van der Waals surface area contributed by atoms with Crippen molar-refractivity contribution in [2.45, 2.75) is 31.3 Å². The van der Waals surface area contributed by atoms with E-state index in [1.165, 1.54) is 5.56 Å². The molecule has 0 unspecified atom stereocenters. The summed E-state index contributed by atoms with van der Waals surface area (Å²) in [5.41, 5.74) is 7.27. The van der Waals surface area contributed by atoms with Crippen molar-refractivity contribution in [2.75, 3.05) is 38.3 Å². The van der Waals surface area contributed by atoms with Gasteiger partial charge in [-0.15, -0.1) is 0 Å². The van der Waals surface area contributed by atoms with Gasteiger partial charge >= 0.3 is 6.09 Å². The van der Waals surface area contributed by atoms with Crippen LogP contribution in [0.15, 0.2) is 66.4 Å². The van der Waals surface area contributed by atoms with Gasteiger partial charge in [-0.05, 0) is 30.5 Å². The molecular formula is C25H31N3O4. The van der Waals surface area contributed by atoms with Crippen LogP contribution >= 0.6 is 0 Å². The zero-order valence-corrected chi connectivity index (χ0v) is 18.5. The Morgan fingerprint density at radius 2 is 1.72 bits per heavy atom. The molecule has 0 aliphatic carbocycles. The third-order valence-electron chi connectivity index (χ3n) is 5.91. The maximum absolute atomic E-state index is 12.1. The monoisotopic (exact) mass is 437 g/mol. The van der Waals surface area contributed by atoms with Gasteiger partial charge in [0.15, 0.2) is 0 Å². The third kappa shape index (κ3) is 5.98. The van der Waals surface area contributed by atoms with Crippen molar-refractivity contribution in [2.24, 2.45) is 5.73 Å². The van der Waals surface area contributed by atoms with Crippen molar-refractivity contribution in [1.82, 2.24) is 4.90 Å². The number of hydrogen-bond donors (Lipinski definition) is 1. The molecule has 7 nitrogen and oxygen atoms in total. The molecule has 1 amide bonds. The van der Waals surface area contributed by atoms with Gasteiger partial charge in [-0.2, -0.15) is 0 Å². The van der Waals surface area contributed by atoms with Crippen molar-refractivity contribution in [3.8, 4) is 0 Å². The van der Waals surface area contributed by atoms with Crippen LogP contribution in [0.5, 0.6) is 0 Å². The molecule has 2 aromatic rings. The number of carbonyl (C=O) groups is 1. The van der Waals surface area contributed by atoms with E-state index < -0.39 is 11.6 Å². The summed E-state index contributed by atoms with van der Waals surface area (Å²) in [4.78, 5) is 27.5. The molecule has 1 fully saturated rings. The van der Waals surface area contributed by atoms with Crippen molar-refractivity contribution in [1.29, 1.82) is 0 Å². The molecule has 32 heavy (non-hydrogen) atoms. The van der Waals surface area contributed by atoms with Crippen LogP contribution in [0.25, 0.3) is 0 Å². The molecule has 3 rings (SSSR count). The first kappa shape index (κ1) is 23.5. The second kappa shape index (κ2) is 11.5. The van der Waals surface area contributed by atoms with E-state index in [-0.39, 0.29) is 13.0 Å². The molecule has 1 saturated heterocycles. The molecule has 1 aliphatic heterocycles. The number of rotatable bonds is 10. The van der Waals surface area contributed by atoms with E-state index in [2.05, 4.69) is 35.1 Å². The summed E-state index contributed by atoms with van der Waals surface area (Å²) in [5, 5.41) is 0. The Bertz CT molecular complexity index is 905. The van der Waals surface area contributed by atoms with E-state index in [1.54, 1.807) is 7.11 Å². The number of benzene rings is 2. The van der Waals surface area contributed by atoms with Crippen LogP contribution in [0.4, 0.5) is 10.5 Å². The fourth-order valence-electron chi connectivity index (χ4n) is 4.42. The number of carbonyl (C=O) groups excluding carboxylic acids is 2. The van der Waals surface area contributed by atoms with E-state index in [4.69, 9.17) is 15.2 Å². The number of ether oxygens (including phenoxy) is 2. The molecule has 0 saturated carbocycles. The Hall–Kier alpha value is -3.12.